The fraction of sp³-hybridized carbons (Fsp3) is 0.375. The second-order valence-electron chi connectivity index (χ2n) is 5.02. The van der Waals surface area contributed by atoms with Gasteiger partial charge in [0.05, 0.1) is 0 Å². The van der Waals surface area contributed by atoms with Crippen LogP contribution in [-0.4, -0.2) is 25.0 Å². The Hall–Kier alpha value is -0.870. The van der Waals surface area contributed by atoms with Crippen molar-refractivity contribution in [2.75, 3.05) is 20.1 Å². The Morgan fingerprint density at radius 3 is 2.70 bits per heavy atom. The molecule has 2 nitrogen and oxygen atoms in total. The van der Waals surface area contributed by atoms with Crippen molar-refractivity contribution >= 4 is 22.9 Å². The molecule has 4 heteroatoms. The number of benzene rings is 1. The minimum absolute atomic E-state index is 0.848. The summed E-state index contributed by atoms with van der Waals surface area (Å²) >= 11 is 8.03. The van der Waals surface area contributed by atoms with Crippen molar-refractivity contribution < 1.29 is 0 Å². The quantitative estimate of drug-likeness (QED) is 0.780. The number of nitrogens with zero attached hydrogens (tertiary/aromatic N) is 1. The molecule has 0 atom stereocenters. The topological polar surface area (TPSA) is 15.3 Å². The average Bonchev–Trinajstić information content (AvgIpc) is 2.83. The van der Waals surface area contributed by atoms with Gasteiger partial charge in [0.2, 0.25) is 0 Å². The van der Waals surface area contributed by atoms with Gasteiger partial charge in [0.15, 0.2) is 0 Å². The molecule has 0 aliphatic rings. The normalized spacial score (nSPS) is 11.2. The molecule has 0 unspecified atom stereocenters. The molecule has 0 radical (unpaired) electrons. The fourth-order valence-corrected chi connectivity index (χ4v) is 3.11. The molecule has 0 saturated heterocycles. The second kappa shape index (κ2) is 7.79. The summed E-state index contributed by atoms with van der Waals surface area (Å²) in [4.78, 5) is 5.06. The van der Waals surface area contributed by atoms with Gasteiger partial charge in [-0.15, -0.1) is 11.3 Å². The molecule has 0 fully saturated rings. The van der Waals surface area contributed by atoms with Crippen LogP contribution < -0.4 is 5.32 Å². The number of hydrogen-bond donors (Lipinski definition) is 1. The van der Waals surface area contributed by atoms with Crippen LogP contribution >= 0.6 is 22.9 Å². The minimum Gasteiger partial charge on any atom is -0.311 e. The standard InChI is InChI=1S/C16H21ClN2S/c1-13-7-8-15(20-13)11-18-9-10-19(2)12-14-5-3-4-6-16(14)17/h3-8,18H,9-12H2,1-2H3. The number of nitrogens with one attached hydrogen (secondary N) is 1. The molecule has 0 aliphatic carbocycles. The molecule has 0 saturated carbocycles. The van der Waals surface area contributed by atoms with E-state index in [-0.39, 0.29) is 0 Å². The maximum atomic E-state index is 6.17. The molecule has 20 heavy (non-hydrogen) atoms. The molecule has 1 heterocycles. The molecule has 108 valence electrons. The Morgan fingerprint density at radius 1 is 1.20 bits per heavy atom. The van der Waals surface area contributed by atoms with Gasteiger partial charge in [-0.2, -0.15) is 0 Å². The van der Waals surface area contributed by atoms with Gasteiger partial charge in [0.25, 0.3) is 0 Å². The highest BCUT2D eigenvalue weighted by molar-refractivity contribution is 7.11. The monoisotopic (exact) mass is 308 g/mol. The summed E-state index contributed by atoms with van der Waals surface area (Å²) in [6, 6.07) is 12.4. The van der Waals surface area contributed by atoms with Gasteiger partial charge in [-0.25, -0.2) is 0 Å². The zero-order valence-corrected chi connectivity index (χ0v) is 13.6. The van der Waals surface area contributed by atoms with E-state index in [0.29, 0.717) is 0 Å². The number of rotatable bonds is 7. The second-order valence-corrected chi connectivity index (χ2v) is 6.80. The summed E-state index contributed by atoms with van der Waals surface area (Å²) in [5.74, 6) is 0. The zero-order valence-electron chi connectivity index (χ0n) is 12.0. The minimum atomic E-state index is 0.848. The van der Waals surface area contributed by atoms with Gasteiger partial charge in [0, 0.05) is 41.0 Å². The molecule has 1 N–H and O–H groups in total. The number of likely N-dealkylation sites (N-methyl/N-ethyl adjacent to an activating group) is 1. The van der Waals surface area contributed by atoms with Crippen LogP contribution in [0.5, 0.6) is 0 Å². The van der Waals surface area contributed by atoms with E-state index in [1.165, 1.54) is 15.3 Å². The maximum Gasteiger partial charge on any atom is 0.0451 e. The van der Waals surface area contributed by atoms with E-state index in [0.717, 1.165) is 31.2 Å². The van der Waals surface area contributed by atoms with Crippen molar-refractivity contribution in [3.05, 3.63) is 56.7 Å². The first-order valence-corrected chi connectivity index (χ1v) is 8.02. The van der Waals surface area contributed by atoms with E-state index < -0.39 is 0 Å². The predicted octanol–water partition coefficient (Wildman–Crippen LogP) is 3.93. The smallest absolute Gasteiger partial charge is 0.0451 e. The number of halogens is 1. The van der Waals surface area contributed by atoms with E-state index in [9.17, 15) is 0 Å². The summed E-state index contributed by atoms with van der Waals surface area (Å²) in [7, 11) is 2.13. The highest BCUT2D eigenvalue weighted by Gasteiger charge is 2.03. The van der Waals surface area contributed by atoms with Crippen LogP contribution in [0.4, 0.5) is 0 Å². The van der Waals surface area contributed by atoms with Crippen LogP contribution in [0.15, 0.2) is 36.4 Å². The summed E-state index contributed by atoms with van der Waals surface area (Å²) in [5, 5.41) is 4.33. The number of aryl methyl sites for hydroxylation is 1. The summed E-state index contributed by atoms with van der Waals surface area (Å²) in [6.45, 7) is 5.98. The summed E-state index contributed by atoms with van der Waals surface area (Å²) in [6.07, 6.45) is 0. The van der Waals surface area contributed by atoms with E-state index in [2.05, 4.69) is 42.4 Å². The van der Waals surface area contributed by atoms with Crippen LogP contribution in [0.2, 0.25) is 5.02 Å². The first-order chi connectivity index (χ1) is 9.65. The number of hydrogen-bond acceptors (Lipinski definition) is 3. The van der Waals surface area contributed by atoms with Gasteiger partial charge < -0.3 is 10.2 Å². The lowest BCUT2D eigenvalue weighted by molar-refractivity contribution is 0.324. The highest BCUT2D eigenvalue weighted by atomic mass is 35.5. The van der Waals surface area contributed by atoms with Crippen molar-refractivity contribution in [3.8, 4) is 0 Å². The van der Waals surface area contributed by atoms with Gasteiger partial charge in [-0.3, -0.25) is 0 Å². The Balaban J connectivity index is 1.68. The first-order valence-electron chi connectivity index (χ1n) is 6.83. The van der Waals surface area contributed by atoms with Crippen LogP contribution in [0, 0.1) is 6.92 Å². The van der Waals surface area contributed by atoms with E-state index in [1.54, 1.807) is 0 Å². The summed E-state index contributed by atoms with van der Waals surface area (Å²) < 4.78 is 0. The molecule has 0 bridgehead atoms. The number of thiophene rings is 1. The third-order valence-corrected chi connectivity index (χ3v) is 4.53. The molecule has 1 aromatic carbocycles. The van der Waals surface area contributed by atoms with Gasteiger partial charge in [0.1, 0.15) is 0 Å². The van der Waals surface area contributed by atoms with Crippen molar-refractivity contribution in [3.63, 3.8) is 0 Å². The van der Waals surface area contributed by atoms with Gasteiger partial charge >= 0.3 is 0 Å². The lowest BCUT2D eigenvalue weighted by Crippen LogP contribution is -2.28. The van der Waals surface area contributed by atoms with Crippen molar-refractivity contribution in [2.45, 2.75) is 20.0 Å². The third kappa shape index (κ3) is 4.91. The Morgan fingerprint density at radius 2 is 2.00 bits per heavy atom. The molecule has 1 aromatic heterocycles. The van der Waals surface area contributed by atoms with Crippen molar-refractivity contribution in [2.24, 2.45) is 0 Å². The molecule has 0 spiro atoms. The van der Waals surface area contributed by atoms with Crippen molar-refractivity contribution in [1.29, 1.82) is 0 Å². The van der Waals surface area contributed by atoms with Crippen LogP contribution in [-0.2, 0) is 13.1 Å². The molecule has 2 rings (SSSR count). The highest BCUT2D eigenvalue weighted by Crippen LogP contribution is 2.16. The fourth-order valence-electron chi connectivity index (χ4n) is 2.06. The van der Waals surface area contributed by atoms with E-state index in [4.69, 9.17) is 11.6 Å². The van der Waals surface area contributed by atoms with Crippen LogP contribution in [0.3, 0.4) is 0 Å². The lowest BCUT2D eigenvalue weighted by Gasteiger charge is -2.17. The Labute approximate surface area is 130 Å². The van der Waals surface area contributed by atoms with Crippen LogP contribution in [0.25, 0.3) is 0 Å². The maximum absolute atomic E-state index is 6.17. The first kappa shape index (κ1) is 15.5. The molecule has 0 aliphatic heterocycles. The largest absolute Gasteiger partial charge is 0.311 e. The third-order valence-electron chi connectivity index (χ3n) is 3.16. The molecular weight excluding hydrogens is 288 g/mol. The SMILES string of the molecule is Cc1ccc(CNCCN(C)Cc2ccccc2Cl)s1. The van der Waals surface area contributed by atoms with Crippen molar-refractivity contribution in [1.82, 2.24) is 10.2 Å². The Kier molecular flexibility index (Phi) is 6.05. The predicted molar refractivity (Wildman–Crippen MR) is 88.5 cm³/mol. The Bertz CT molecular complexity index is 539. The molecule has 2 aromatic rings. The zero-order chi connectivity index (χ0) is 14.4. The average molecular weight is 309 g/mol. The van der Waals surface area contributed by atoms with Crippen LogP contribution in [0.1, 0.15) is 15.3 Å². The van der Waals surface area contributed by atoms with E-state index in [1.807, 2.05) is 29.5 Å². The van der Waals surface area contributed by atoms with E-state index >= 15 is 0 Å². The summed E-state index contributed by atoms with van der Waals surface area (Å²) in [5.41, 5.74) is 1.19. The molecule has 0 amide bonds. The molecular formula is C16H21ClN2S. The van der Waals surface area contributed by atoms with Gasteiger partial charge in [-0.05, 0) is 37.7 Å². The van der Waals surface area contributed by atoms with Gasteiger partial charge in [-0.1, -0.05) is 29.8 Å². The lowest BCUT2D eigenvalue weighted by atomic mass is 10.2.